The molecule has 0 aliphatic rings. The van der Waals surface area contributed by atoms with Crippen molar-refractivity contribution >= 4 is 93.8 Å². The second-order valence-corrected chi connectivity index (χ2v) is 13.9. The fourth-order valence-corrected chi connectivity index (χ4v) is 8.44. The summed E-state index contributed by atoms with van der Waals surface area (Å²) in [4.78, 5) is 7.22. The van der Waals surface area contributed by atoms with Crippen LogP contribution in [-0.2, 0) is 0 Å². The average Bonchev–Trinajstić information content (AvgIpc) is 4.02. The van der Waals surface area contributed by atoms with Crippen molar-refractivity contribution in [2.45, 2.75) is 0 Å². The third-order valence-corrected chi connectivity index (χ3v) is 10.8. The van der Waals surface area contributed by atoms with Crippen molar-refractivity contribution < 1.29 is 13.3 Å². The lowest BCUT2D eigenvalue weighted by molar-refractivity contribution is 0.622. The molecular weight excluding hydrogens is 679 g/mol. The minimum absolute atomic E-state index is 0.577. The first kappa shape index (κ1) is 29.9. The number of fused-ring (bicyclic) bond motifs is 11. The van der Waals surface area contributed by atoms with Crippen LogP contribution >= 0.6 is 0 Å². The van der Waals surface area contributed by atoms with Crippen LogP contribution in [0.5, 0.6) is 0 Å². The molecule has 0 unspecified atom stereocenters. The van der Waals surface area contributed by atoms with E-state index in [9.17, 15) is 0 Å². The Labute approximate surface area is 313 Å². The quantitative estimate of drug-likeness (QED) is 0.178. The fraction of sp³-hybridized carbons (Fsp3) is 0. The number of anilines is 3. The molecule has 0 atom stereocenters. The molecule has 0 bridgehead atoms. The Hall–Kier alpha value is -7.57. The van der Waals surface area contributed by atoms with Crippen molar-refractivity contribution in [2.75, 3.05) is 4.90 Å². The highest BCUT2D eigenvalue weighted by atomic mass is 16.4. The molecular formula is C49H29N3O3. The molecule has 0 aliphatic carbocycles. The third-order valence-electron chi connectivity index (χ3n) is 10.8. The Kier molecular flexibility index (Phi) is 6.24. The molecule has 12 rings (SSSR count). The van der Waals surface area contributed by atoms with E-state index in [0.29, 0.717) is 11.5 Å². The topological polar surface area (TPSA) is 60.5 Å². The van der Waals surface area contributed by atoms with E-state index in [-0.39, 0.29) is 0 Å². The summed E-state index contributed by atoms with van der Waals surface area (Å²) in [5, 5.41) is 6.27. The Balaban J connectivity index is 1.17. The van der Waals surface area contributed by atoms with Crippen LogP contribution < -0.4 is 4.90 Å². The number of hydrogen-bond acceptors (Lipinski definition) is 5. The molecule has 0 saturated carbocycles. The average molecular weight is 708 g/mol. The van der Waals surface area contributed by atoms with Gasteiger partial charge in [-0.1, -0.05) is 91.0 Å². The number of nitrogens with zero attached hydrogens (tertiary/aromatic N) is 3. The van der Waals surface area contributed by atoms with Gasteiger partial charge in [-0.15, -0.1) is 0 Å². The molecule has 4 heterocycles. The van der Waals surface area contributed by atoms with E-state index >= 15 is 0 Å². The van der Waals surface area contributed by atoms with Gasteiger partial charge in [-0.3, -0.25) is 0 Å². The highest BCUT2D eigenvalue weighted by Crippen LogP contribution is 2.48. The van der Waals surface area contributed by atoms with E-state index in [4.69, 9.17) is 18.2 Å². The van der Waals surface area contributed by atoms with Crippen LogP contribution in [0.15, 0.2) is 189 Å². The summed E-state index contributed by atoms with van der Waals surface area (Å²) < 4.78 is 22.1. The molecule has 258 valence electrons. The number of para-hydroxylation sites is 4. The van der Waals surface area contributed by atoms with Crippen LogP contribution in [0, 0.1) is 0 Å². The first-order valence-electron chi connectivity index (χ1n) is 18.4. The van der Waals surface area contributed by atoms with Gasteiger partial charge in [0.25, 0.3) is 0 Å². The van der Waals surface area contributed by atoms with Crippen molar-refractivity contribution in [2.24, 2.45) is 0 Å². The fourth-order valence-electron chi connectivity index (χ4n) is 8.44. The first-order chi connectivity index (χ1) is 27.3. The van der Waals surface area contributed by atoms with Crippen LogP contribution in [0.2, 0.25) is 0 Å². The van der Waals surface area contributed by atoms with Gasteiger partial charge < -0.3 is 22.7 Å². The molecule has 6 nitrogen and oxygen atoms in total. The zero-order valence-corrected chi connectivity index (χ0v) is 29.3. The Morgan fingerprint density at radius 3 is 2.02 bits per heavy atom. The number of hydrogen-bond donors (Lipinski definition) is 0. The second kappa shape index (κ2) is 11.5. The normalized spacial score (nSPS) is 12.0. The minimum atomic E-state index is 0.577. The van der Waals surface area contributed by atoms with E-state index in [0.717, 1.165) is 99.5 Å². The van der Waals surface area contributed by atoms with Crippen molar-refractivity contribution in [3.05, 3.63) is 176 Å². The monoisotopic (exact) mass is 707 g/mol. The van der Waals surface area contributed by atoms with Gasteiger partial charge in [0.05, 0.1) is 27.8 Å². The summed E-state index contributed by atoms with van der Waals surface area (Å²) >= 11 is 0. The summed E-state index contributed by atoms with van der Waals surface area (Å²) in [6.07, 6.45) is 0. The van der Waals surface area contributed by atoms with Crippen molar-refractivity contribution in [1.29, 1.82) is 0 Å². The molecule has 0 spiro atoms. The predicted molar refractivity (Wildman–Crippen MR) is 223 cm³/mol. The van der Waals surface area contributed by atoms with Crippen LogP contribution in [0.4, 0.5) is 17.1 Å². The van der Waals surface area contributed by atoms with E-state index in [2.05, 4.69) is 131 Å². The van der Waals surface area contributed by atoms with Gasteiger partial charge in [0.1, 0.15) is 22.3 Å². The predicted octanol–water partition coefficient (Wildman–Crippen LogP) is 13.9. The lowest BCUT2D eigenvalue weighted by atomic mass is 10.1. The van der Waals surface area contributed by atoms with Gasteiger partial charge in [-0.2, -0.15) is 0 Å². The van der Waals surface area contributed by atoms with Crippen molar-refractivity contribution in [3.8, 4) is 17.1 Å². The van der Waals surface area contributed by atoms with Crippen LogP contribution in [0.25, 0.3) is 93.9 Å². The summed E-state index contributed by atoms with van der Waals surface area (Å²) in [6.45, 7) is 0. The standard InChI is InChI=1S/C49H29N3O3/c1-3-13-30(14-4-1)49-50-37-26-28-44-46(48(37)55-49)36-29-32(25-27-43(36)53-44)52(41-23-11-19-34-33-17-8-10-24-42(33)54-47(34)41)40-22-12-21-39-45(40)35-18-7-9-20-38(35)51(39)31-15-5-2-6-16-31/h1-29H. The minimum Gasteiger partial charge on any atom is -0.456 e. The maximum Gasteiger partial charge on any atom is 0.227 e. The number of aromatic nitrogens is 2. The number of furan rings is 2. The lowest BCUT2D eigenvalue weighted by Crippen LogP contribution is -2.10. The maximum absolute atomic E-state index is 6.74. The largest absolute Gasteiger partial charge is 0.456 e. The second-order valence-electron chi connectivity index (χ2n) is 13.9. The first-order valence-corrected chi connectivity index (χ1v) is 18.4. The molecule has 0 radical (unpaired) electrons. The molecule has 8 aromatic carbocycles. The molecule has 0 aliphatic heterocycles. The summed E-state index contributed by atoms with van der Waals surface area (Å²) in [5.74, 6) is 0.577. The van der Waals surface area contributed by atoms with Crippen LogP contribution in [-0.4, -0.2) is 9.55 Å². The van der Waals surface area contributed by atoms with Crippen LogP contribution in [0.3, 0.4) is 0 Å². The maximum atomic E-state index is 6.74. The zero-order chi connectivity index (χ0) is 36.0. The number of rotatable bonds is 5. The van der Waals surface area contributed by atoms with E-state index in [1.54, 1.807) is 0 Å². The van der Waals surface area contributed by atoms with Gasteiger partial charge in [0, 0.05) is 43.9 Å². The number of oxazole rings is 1. The van der Waals surface area contributed by atoms with E-state index < -0.39 is 0 Å². The smallest absolute Gasteiger partial charge is 0.227 e. The Bertz CT molecular complexity index is 3440. The Morgan fingerprint density at radius 1 is 0.436 bits per heavy atom. The highest BCUT2D eigenvalue weighted by Gasteiger charge is 2.25. The van der Waals surface area contributed by atoms with Gasteiger partial charge >= 0.3 is 0 Å². The van der Waals surface area contributed by atoms with E-state index in [1.807, 2.05) is 54.6 Å². The molecule has 0 N–H and O–H groups in total. The molecule has 12 aromatic rings. The van der Waals surface area contributed by atoms with E-state index in [1.165, 1.54) is 0 Å². The highest BCUT2D eigenvalue weighted by molar-refractivity contribution is 6.20. The molecule has 6 heteroatoms. The SMILES string of the molecule is c1ccc(-c2nc3ccc4oc5ccc(N(c6cccc7c6oc6ccccc67)c6cccc7c6c6ccccc6n7-c6ccccc6)cc5c4c3o2)cc1. The van der Waals surface area contributed by atoms with Gasteiger partial charge in [-0.05, 0) is 84.9 Å². The van der Waals surface area contributed by atoms with Gasteiger partial charge in [-0.25, -0.2) is 4.98 Å². The number of benzene rings is 8. The Morgan fingerprint density at radius 2 is 1.13 bits per heavy atom. The summed E-state index contributed by atoms with van der Waals surface area (Å²) in [5.41, 5.74) is 11.8. The third kappa shape index (κ3) is 4.39. The van der Waals surface area contributed by atoms with Crippen molar-refractivity contribution in [1.82, 2.24) is 9.55 Å². The molecule has 4 aromatic heterocycles. The lowest BCUT2D eigenvalue weighted by Gasteiger charge is -2.26. The molecule has 0 amide bonds. The molecule has 0 fully saturated rings. The zero-order valence-electron chi connectivity index (χ0n) is 29.3. The molecule has 55 heavy (non-hydrogen) atoms. The van der Waals surface area contributed by atoms with Crippen molar-refractivity contribution in [3.63, 3.8) is 0 Å². The summed E-state index contributed by atoms with van der Waals surface area (Å²) in [7, 11) is 0. The molecule has 0 saturated heterocycles. The van der Waals surface area contributed by atoms with Gasteiger partial charge in [0.2, 0.25) is 5.89 Å². The summed E-state index contributed by atoms with van der Waals surface area (Å²) in [6, 6.07) is 60.8. The van der Waals surface area contributed by atoms with Crippen LogP contribution in [0.1, 0.15) is 0 Å². The van der Waals surface area contributed by atoms with Gasteiger partial charge in [0.15, 0.2) is 11.2 Å².